The maximum absolute atomic E-state index is 13.5. The number of rotatable bonds is 5. The van der Waals surface area contributed by atoms with Crippen molar-refractivity contribution in [3.63, 3.8) is 0 Å². The van der Waals surface area contributed by atoms with E-state index < -0.39 is 10.8 Å². The molecule has 1 atom stereocenters. The number of aliphatic hydroxyl groups is 1. The molecule has 1 aliphatic carbocycles. The van der Waals surface area contributed by atoms with E-state index in [0.717, 1.165) is 11.1 Å². The van der Waals surface area contributed by atoms with Gasteiger partial charge < -0.3 is 9.84 Å². The summed E-state index contributed by atoms with van der Waals surface area (Å²) in [6.07, 6.45) is 1.56. The summed E-state index contributed by atoms with van der Waals surface area (Å²) in [5, 5.41) is 32.3. The Labute approximate surface area is 220 Å². The number of allylic oxidation sites excluding steroid dienone is 2. The van der Waals surface area contributed by atoms with Crippen LogP contribution in [0.1, 0.15) is 41.9 Å². The highest BCUT2D eigenvalue weighted by atomic mass is 16.6. The number of anilines is 1. The van der Waals surface area contributed by atoms with Crippen molar-refractivity contribution in [3.05, 3.63) is 116 Å². The number of benzene rings is 3. The van der Waals surface area contributed by atoms with E-state index in [0.29, 0.717) is 53.1 Å². The van der Waals surface area contributed by atoms with E-state index in [1.807, 2.05) is 31.2 Å². The Hall–Kier alpha value is -4.72. The quantitative estimate of drug-likeness (QED) is 0.231. The standard InChI is InChI=1S/C30H27N3O5/c1-18-6-8-20(9-7-18)29(35)28-26(19-10-16-23(38-2)17-11-19)27-24(4-3-5-25(27)34)32(30(28)31)21-12-14-22(15-13-21)33(36)37/h6-17,26,31,35H,3-5H2,1-2H3. The van der Waals surface area contributed by atoms with Crippen LogP contribution in [0.25, 0.3) is 5.76 Å². The number of amidine groups is 1. The molecule has 0 amide bonds. The number of carbonyl (C=O) groups is 1. The summed E-state index contributed by atoms with van der Waals surface area (Å²) in [4.78, 5) is 25.9. The van der Waals surface area contributed by atoms with Gasteiger partial charge in [0.25, 0.3) is 5.69 Å². The van der Waals surface area contributed by atoms with E-state index >= 15 is 0 Å². The first-order chi connectivity index (χ1) is 18.3. The second-order valence-electron chi connectivity index (χ2n) is 9.43. The molecule has 0 fully saturated rings. The number of nitro groups is 1. The molecule has 0 saturated carbocycles. The molecule has 38 heavy (non-hydrogen) atoms. The fourth-order valence-corrected chi connectivity index (χ4v) is 5.20. The zero-order chi connectivity index (χ0) is 27.0. The molecule has 3 aromatic rings. The predicted molar refractivity (Wildman–Crippen MR) is 146 cm³/mol. The number of Topliss-reactive ketones (excluding diaryl/α,β-unsaturated/α-hetero) is 1. The minimum atomic E-state index is -0.660. The van der Waals surface area contributed by atoms with Crippen molar-refractivity contribution in [2.24, 2.45) is 0 Å². The lowest BCUT2D eigenvalue weighted by Gasteiger charge is -2.41. The smallest absolute Gasteiger partial charge is 0.269 e. The summed E-state index contributed by atoms with van der Waals surface area (Å²) in [6.45, 7) is 1.95. The van der Waals surface area contributed by atoms with E-state index in [1.165, 1.54) is 12.1 Å². The first-order valence-electron chi connectivity index (χ1n) is 12.3. The number of methoxy groups -OCH3 is 1. The lowest BCUT2D eigenvalue weighted by molar-refractivity contribution is -0.384. The molecule has 1 aliphatic heterocycles. The number of ketones is 1. The van der Waals surface area contributed by atoms with Crippen molar-refractivity contribution in [3.8, 4) is 5.75 Å². The number of non-ortho nitro benzene ring substituents is 1. The second kappa shape index (κ2) is 9.97. The average molecular weight is 510 g/mol. The Balaban J connectivity index is 1.78. The van der Waals surface area contributed by atoms with Crippen molar-refractivity contribution < 1.29 is 19.6 Å². The predicted octanol–water partition coefficient (Wildman–Crippen LogP) is 6.47. The Morgan fingerprint density at radius 2 is 1.68 bits per heavy atom. The van der Waals surface area contributed by atoms with Crippen LogP contribution in [0.2, 0.25) is 0 Å². The number of hydrogen-bond donors (Lipinski definition) is 2. The van der Waals surface area contributed by atoms with Gasteiger partial charge in [0.15, 0.2) is 5.78 Å². The van der Waals surface area contributed by atoms with Gasteiger partial charge in [-0.05, 0) is 49.6 Å². The first kappa shape index (κ1) is 25.0. The number of nitrogens with one attached hydrogen (secondary N) is 1. The number of ether oxygens (including phenoxy) is 1. The van der Waals surface area contributed by atoms with Crippen molar-refractivity contribution in [1.29, 1.82) is 5.41 Å². The minimum absolute atomic E-state index is 0.0196. The SMILES string of the molecule is COc1ccc(C2C(=C(O)c3ccc(C)cc3)C(=N)N(c3ccc([N+](=O)[O-])cc3)C3=C2C(=O)CCC3)cc1. The number of aliphatic hydroxyl groups excluding tert-OH is 1. The van der Waals surface area contributed by atoms with Gasteiger partial charge in [0.05, 0.1) is 12.0 Å². The number of nitro benzene ring substituents is 1. The van der Waals surface area contributed by atoms with Gasteiger partial charge in [0.2, 0.25) is 0 Å². The van der Waals surface area contributed by atoms with Gasteiger partial charge in [-0.2, -0.15) is 0 Å². The lowest BCUT2D eigenvalue weighted by Crippen LogP contribution is -2.42. The van der Waals surface area contributed by atoms with E-state index in [9.17, 15) is 25.4 Å². The molecular formula is C30H27N3O5. The number of hydrogen-bond acceptors (Lipinski definition) is 6. The highest BCUT2D eigenvalue weighted by Gasteiger charge is 2.43. The third-order valence-electron chi connectivity index (χ3n) is 7.10. The van der Waals surface area contributed by atoms with Crippen molar-refractivity contribution in [2.75, 3.05) is 12.0 Å². The van der Waals surface area contributed by atoms with Gasteiger partial charge in [-0.25, -0.2) is 0 Å². The van der Waals surface area contributed by atoms with Crippen molar-refractivity contribution >= 4 is 28.8 Å². The maximum Gasteiger partial charge on any atom is 0.269 e. The monoisotopic (exact) mass is 509 g/mol. The average Bonchev–Trinajstić information content (AvgIpc) is 2.93. The zero-order valence-corrected chi connectivity index (χ0v) is 21.1. The lowest BCUT2D eigenvalue weighted by atomic mass is 9.73. The summed E-state index contributed by atoms with van der Waals surface area (Å²) in [6, 6.07) is 20.6. The van der Waals surface area contributed by atoms with Crippen molar-refractivity contribution in [2.45, 2.75) is 32.1 Å². The maximum atomic E-state index is 13.5. The van der Waals surface area contributed by atoms with Crippen LogP contribution in [-0.4, -0.2) is 28.8 Å². The molecule has 0 radical (unpaired) electrons. The Morgan fingerprint density at radius 1 is 1.03 bits per heavy atom. The molecule has 1 heterocycles. The molecule has 0 bridgehead atoms. The molecule has 3 aromatic carbocycles. The molecule has 8 heteroatoms. The topological polar surface area (TPSA) is 117 Å². The third kappa shape index (κ3) is 4.34. The van der Waals surface area contributed by atoms with Crippen LogP contribution in [0.3, 0.4) is 0 Å². The Kier molecular flexibility index (Phi) is 6.55. The van der Waals surface area contributed by atoms with E-state index in [2.05, 4.69) is 0 Å². The summed E-state index contributed by atoms with van der Waals surface area (Å²) in [7, 11) is 1.58. The number of aryl methyl sites for hydroxylation is 1. The van der Waals surface area contributed by atoms with Crippen molar-refractivity contribution in [1.82, 2.24) is 0 Å². The fraction of sp³-hybridized carbons (Fsp3) is 0.200. The molecule has 2 N–H and O–H groups in total. The van der Waals surface area contributed by atoms with Gasteiger partial charge in [0, 0.05) is 52.6 Å². The van der Waals surface area contributed by atoms with Gasteiger partial charge in [0.1, 0.15) is 17.3 Å². The minimum Gasteiger partial charge on any atom is -0.507 e. The second-order valence-corrected chi connectivity index (χ2v) is 9.43. The van der Waals surface area contributed by atoms with Gasteiger partial charge in [-0.15, -0.1) is 0 Å². The van der Waals surface area contributed by atoms with Crippen LogP contribution >= 0.6 is 0 Å². The molecule has 0 aromatic heterocycles. The molecule has 192 valence electrons. The summed E-state index contributed by atoms with van der Waals surface area (Å²) < 4.78 is 5.32. The highest BCUT2D eigenvalue weighted by molar-refractivity contribution is 6.19. The van der Waals surface area contributed by atoms with Crippen LogP contribution < -0.4 is 9.64 Å². The highest BCUT2D eigenvalue weighted by Crippen LogP contribution is 2.48. The van der Waals surface area contributed by atoms with Crippen LogP contribution in [0.5, 0.6) is 5.75 Å². The first-order valence-corrected chi connectivity index (χ1v) is 12.3. The van der Waals surface area contributed by atoms with E-state index in [-0.39, 0.29) is 23.1 Å². The number of nitrogens with zero attached hydrogens (tertiary/aromatic N) is 2. The van der Waals surface area contributed by atoms with Crippen LogP contribution in [0, 0.1) is 22.4 Å². The van der Waals surface area contributed by atoms with Crippen LogP contribution in [0.4, 0.5) is 11.4 Å². The van der Waals surface area contributed by atoms with E-state index in [4.69, 9.17) is 4.74 Å². The number of carbonyl (C=O) groups excluding carboxylic acids is 1. The third-order valence-corrected chi connectivity index (χ3v) is 7.10. The Bertz CT molecular complexity index is 1490. The Morgan fingerprint density at radius 3 is 2.29 bits per heavy atom. The summed E-state index contributed by atoms with van der Waals surface area (Å²) >= 11 is 0. The van der Waals surface area contributed by atoms with Crippen LogP contribution in [-0.2, 0) is 4.79 Å². The molecule has 2 aliphatic rings. The molecule has 0 saturated heterocycles. The van der Waals surface area contributed by atoms with E-state index in [1.54, 1.807) is 48.4 Å². The molecule has 1 unspecified atom stereocenters. The van der Waals surface area contributed by atoms with Crippen LogP contribution in [0.15, 0.2) is 89.6 Å². The normalized spacial score (nSPS) is 18.8. The van der Waals surface area contributed by atoms with Gasteiger partial charge in [-0.1, -0.05) is 42.0 Å². The molecule has 8 nitrogen and oxygen atoms in total. The van der Waals surface area contributed by atoms with Gasteiger partial charge >= 0.3 is 0 Å². The molecule has 5 rings (SSSR count). The summed E-state index contributed by atoms with van der Waals surface area (Å²) in [5.74, 6) is -0.115. The summed E-state index contributed by atoms with van der Waals surface area (Å²) in [5.41, 5.74) is 4.28. The van der Waals surface area contributed by atoms with Gasteiger partial charge in [-0.3, -0.25) is 25.2 Å². The largest absolute Gasteiger partial charge is 0.507 e. The zero-order valence-electron chi connectivity index (χ0n) is 21.1. The molecule has 0 spiro atoms. The fourth-order valence-electron chi connectivity index (χ4n) is 5.20. The molecular weight excluding hydrogens is 482 g/mol.